The molecule has 4 nitrogen and oxygen atoms in total. The van der Waals surface area contributed by atoms with Crippen molar-refractivity contribution < 1.29 is 8.78 Å². The Morgan fingerprint density at radius 3 is 2.45 bits per heavy atom. The smallest absolute Gasteiger partial charge is 0.152 e. The van der Waals surface area contributed by atoms with Crippen LogP contribution in [0.4, 0.5) is 8.78 Å². The van der Waals surface area contributed by atoms with Crippen LogP contribution in [-0.2, 0) is 0 Å². The second-order valence-corrected chi connectivity index (χ2v) is 4.32. The molecule has 0 saturated heterocycles. The quantitative estimate of drug-likeness (QED) is 0.556. The van der Waals surface area contributed by atoms with Gasteiger partial charge in [-0.05, 0) is 18.2 Å². The lowest BCUT2D eigenvalue weighted by Gasteiger charge is -2.08. The van der Waals surface area contributed by atoms with Gasteiger partial charge < -0.3 is 5.73 Å². The number of nitrogens with one attached hydrogen (secondary N) is 1. The average molecular weight is 272 g/mol. The Labute approximate surface area is 112 Å². The molecule has 3 N–H and O–H groups in total. The summed E-state index contributed by atoms with van der Waals surface area (Å²) in [6.07, 6.45) is 1.53. The number of aromatic nitrogens is 2. The number of nitrogens with two attached hydrogens (primary N) is 1. The molecule has 1 aromatic heterocycles. The Hall–Kier alpha value is -2.76. The monoisotopic (exact) mass is 272 g/mol. The number of rotatable bonds is 2. The SMILES string of the molecule is N=C(N)c1cc(F)c(-n2ncc3ccccc32)c(F)c1. The van der Waals surface area contributed by atoms with Crippen LogP contribution in [0, 0.1) is 17.0 Å². The van der Waals surface area contributed by atoms with Gasteiger partial charge in [0.05, 0.1) is 11.7 Å². The number of para-hydroxylation sites is 1. The largest absolute Gasteiger partial charge is 0.384 e. The van der Waals surface area contributed by atoms with E-state index in [0.29, 0.717) is 5.52 Å². The van der Waals surface area contributed by atoms with Crippen LogP contribution in [-0.4, -0.2) is 15.6 Å². The molecule has 0 saturated carbocycles. The Kier molecular flexibility index (Phi) is 2.71. The maximum atomic E-state index is 14.1. The molecule has 0 radical (unpaired) electrons. The van der Waals surface area contributed by atoms with Crippen LogP contribution < -0.4 is 5.73 Å². The zero-order valence-electron chi connectivity index (χ0n) is 10.3. The van der Waals surface area contributed by atoms with Crippen molar-refractivity contribution in [2.45, 2.75) is 0 Å². The van der Waals surface area contributed by atoms with Gasteiger partial charge >= 0.3 is 0 Å². The molecule has 0 aliphatic carbocycles. The highest BCUT2D eigenvalue weighted by Crippen LogP contribution is 2.23. The summed E-state index contributed by atoms with van der Waals surface area (Å²) in [5.41, 5.74) is 5.56. The summed E-state index contributed by atoms with van der Waals surface area (Å²) in [7, 11) is 0. The van der Waals surface area contributed by atoms with Crippen LogP contribution in [0.15, 0.2) is 42.6 Å². The zero-order chi connectivity index (χ0) is 14.3. The van der Waals surface area contributed by atoms with Crippen LogP contribution in [0.1, 0.15) is 5.56 Å². The Balaban J connectivity index is 2.27. The minimum absolute atomic E-state index is 0.000196. The fraction of sp³-hybridized carbons (Fsp3) is 0. The zero-order valence-corrected chi connectivity index (χ0v) is 10.3. The number of hydrogen-bond donors (Lipinski definition) is 2. The third kappa shape index (κ3) is 1.82. The molecule has 3 rings (SSSR count). The van der Waals surface area contributed by atoms with Crippen molar-refractivity contribution in [3.63, 3.8) is 0 Å². The predicted octanol–water partition coefficient (Wildman–Crippen LogP) is 2.59. The van der Waals surface area contributed by atoms with E-state index in [0.717, 1.165) is 17.5 Å². The third-order valence-electron chi connectivity index (χ3n) is 3.02. The molecule has 3 aromatic rings. The first-order valence-electron chi connectivity index (χ1n) is 5.84. The van der Waals surface area contributed by atoms with Gasteiger partial charge in [-0.1, -0.05) is 18.2 Å². The molecular formula is C14H10F2N4. The van der Waals surface area contributed by atoms with Crippen molar-refractivity contribution in [1.29, 1.82) is 5.41 Å². The van der Waals surface area contributed by atoms with Crippen molar-refractivity contribution in [3.8, 4) is 5.69 Å². The minimum atomic E-state index is -0.816. The summed E-state index contributed by atoms with van der Waals surface area (Å²) >= 11 is 0. The lowest BCUT2D eigenvalue weighted by molar-refractivity contribution is 0.562. The molecule has 100 valence electrons. The van der Waals surface area contributed by atoms with Crippen LogP contribution in [0.5, 0.6) is 0 Å². The van der Waals surface area contributed by atoms with Crippen molar-refractivity contribution in [2.24, 2.45) is 5.73 Å². The molecule has 0 aliphatic rings. The van der Waals surface area contributed by atoms with Gasteiger partial charge in [0, 0.05) is 10.9 Å². The van der Waals surface area contributed by atoms with Crippen molar-refractivity contribution in [3.05, 3.63) is 59.8 Å². The van der Waals surface area contributed by atoms with Gasteiger partial charge in [0.15, 0.2) is 11.6 Å². The summed E-state index contributed by atoms with van der Waals surface area (Å²) in [4.78, 5) is 0. The van der Waals surface area contributed by atoms with Crippen molar-refractivity contribution in [1.82, 2.24) is 9.78 Å². The van der Waals surface area contributed by atoms with E-state index in [1.807, 2.05) is 6.07 Å². The molecule has 6 heteroatoms. The molecule has 0 unspecified atom stereocenters. The highest BCUT2D eigenvalue weighted by Gasteiger charge is 2.16. The van der Waals surface area contributed by atoms with Crippen molar-refractivity contribution in [2.75, 3.05) is 0 Å². The average Bonchev–Trinajstić information content (AvgIpc) is 2.82. The molecule has 1 heterocycles. The number of fused-ring (bicyclic) bond motifs is 1. The number of benzene rings is 2. The molecule has 2 aromatic carbocycles. The maximum absolute atomic E-state index is 14.1. The number of halogens is 2. The maximum Gasteiger partial charge on any atom is 0.152 e. The number of hydrogen-bond acceptors (Lipinski definition) is 2. The van der Waals surface area contributed by atoms with E-state index in [-0.39, 0.29) is 17.1 Å². The Bertz CT molecular complexity index is 800. The summed E-state index contributed by atoms with van der Waals surface area (Å²) in [5, 5.41) is 12.0. The van der Waals surface area contributed by atoms with Crippen LogP contribution in [0.3, 0.4) is 0 Å². The fourth-order valence-electron chi connectivity index (χ4n) is 2.07. The number of amidine groups is 1. The van der Waals surface area contributed by atoms with Crippen LogP contribution in [0.2, 0.25) is 0 Å². The summed E-state index contributed by atoms with van der Waals surface area (Å²) in [6, 6.07) is 9.16. The molecular weight excluding hydrogens is 262 g/mol. The second kappa shape index (κ2) is 4.41. The highest BCUT2D eigenvalue weighted by atomic mass is 19.1. The fourth-order valence-corrected chi connectivity index (χ4v) is 2.07. The van der Waals surface area contributed by atoms with Crippen LogP contribution >= 0.6 is 0 Å². The molecule has 0 spiro atoms. The van der Waals surface area contributed by atoms with Gasteiger partial charge in [-0.25, -0.2) is 13.5 Å². The molecule has 20 heavy (non-hydrogen) atoms. The molecule has 0 bridgehead atoms. The van der Waals surface area contributed by atoms with Crippen molar-refractivity contribution >= 4 is 16.7 Å². The normalized spacial score (nSPS) is 10.9. The van der Waals surface area contributed by atoms with Gasteiger partial charge in [0.25, 0.3) is 0 Å². The van der Waals surface area contributed by atoms with E-state index in [9.17, 15) is 8.78 Å². The summed E-state index contributed by atoms with van der Waals surface area (Å²) in [5.74, 6) is -2.02. The highest BCUT2D eigenvalue weighted by molar-refractivity contribution is 5.95. The molecule has 0 fully saturated rings. The Morgan fingerprint density at radius 2 is 1.80 bits per heavy atom. The first-order chi connectivity index (χ1) is 9.58. The van der Waals surface area contributed by atoms with E-state index in [1.54, 1.807) is 18.2 Å². The third-order valence-corrected chi connectivity index (χ3v) is 3.02. The second-order valence-electron chi connectivity index (χ2n) is 4.32. The van der Waals surface area contributed by atoms with E-state index >= 15 is 0 Å². The molecule has 0 aliphatic heterocycles. The first kappa shape index (κ1) is 12.3. The predicted molar refractivity (Wildman–Crippen MR) is 72.0 cm³/mol. The standard InChI is InChI=1S/C14H10F2N4/c15-10-5-9(14(17)18)6-11(16)13(10)20-12-4-2-1-3-8(12)7-19-20/h1-7H,(H3,17,18). The molecule has 0 amide bonds. The number of nitrogens with zero attached hydrogens (tertiary/aromatic N) is 2. The van der Waals surface area contributed by atoms with Gasteiger partial charge in [-0.2, -0.15) is 5.10 Å². The lowest BCUT2D eigenvalue weighted by atomic mass is 10.1. The van der Waals surface area contributed by atoms with E-state index in [1.165, 1.54) is 10.9 Å². The first-order valence-corrected chi connectivity index (χ1v) is 5.84. The van der Waals surface area contributed by atoms with Crippen LogP contribution in [0.25, 0.3) is 16.6 Å². The topological polar surface area (TPSA) is 67.7 Å². The van der Waals surface area contributed by atoms with E-state index in [4.69, 9.17) is 11.1 Å². The Morgan fingerprint density at radius 1 is 1.15 bits per heavy atom. The lowest BCUT2D eigenvalue weighted by Crippen LogP contribution is -2.13. The minimum Gasteiger partial charge on any atom is -0.384 e. The molecule has 0 atom stereocenters. The van der Waals surface area contributed by atoms with E-state index < -0.39 is 11.6 Å². The van der Waals surface area contributed by atoms with Gasteiger partial charge in [0.1, 0.15) is 11.5 Å². The summed E-state index contributed by atoms with van der Waals surface area (Å²) < 4.78 is 29.4. The number of nitrogen functional groups attached to an aromatic ring is 1. The van der Waals surface area contributed by atoms with Gasteiger partial charge in [0.2, 0.25) is 0 Å². The van der Waals surface area contributed by atoms with E-state index in [2.05, 4.69) is 5.10 Å². The summed E-state index contributed by atoms with van der Waals surface area (Å²) in [6.45, 7) is 0. The van der Waals surface area contributed by atoms with Gasteiger partial charge in [-0.15, -0.1) is 0 Å². The van der Waals surface area contributed by atoms with Gasteiger partial charge in [-0.3, -0.25) is 5.41 Å².